The molecule has 7 rings (SSSR count). The minimum Gasteiger partial charge on any atom is -0.326 e. The lowest BCUT2D eigenvalue weighted by atomic mass is 9.98. The monoisotopic (exact) mass is 1050 g/mol. The number of aryl methyl sites for hydroxylation is 3. The van der Waals surface area contributed by atoms with Crippen molar-refractivity contribution in [3.05, 3.63) is 195 Å². The predicted molar refractivity (Wildman–Crippen MR) is 294 cm³/mol. The summed E-state index contributed by atoms with van der Waals surface area (Å²) in [5, 5.41) is 8.74. The lowest BCUT2D eigenvalue weighted by Gasteiger charge is -2.22. The Labute approximate surface area is 439 Å². The van der Waals surface area contributed by atoms with Crippen molar-refractivity contribution in [3.8, 4) is 39.4 Å². The summed E-state index contributed by atoms with van der Waals surface area (Å²) >= 11 is 5.10. The summed E-state index contributed by atoms with van der Waals surface area (Å²) in [6.45, 7) is 3.08. The fourth-order valence-corrected chi connectivity index (χ4v) is 11.1. The van der Waals surface area contributed by atoms with Gasteiger partial charge in [-0.2, -0.15) is 14.0 Å². The lowest BCUT2D eigenvalue weighted by Crippen LogP contribution is -2.32. The van der Waals surface area contributed by atoms with Gasteiger partial charge in [0.15, 0.2) is 17.7 Å². The summed E-state index contributed by atoms with van der Waals surface area (Å²) in [5.41, 5.74) is 4.81. The number of thioether (sulfide) groups is 3. The molecule has 0 spiro atoms. The van der Waals surface area contributed by atoms with E-state index in [0.717, 1.165) is 114 Å². The maximum absolute atomic E-state index is 14.9. The zero-order valence-corrected chi connectivity index (χ0v) is 43.8. The Morgan fingerprint density at radius 2 is 1.14 bits per heavy atom. The van der Waals surface area contributed by atoms with E-state index in [-0.39, 0.29) is 27.0 Å². The van der Waals surface area contributed by atoms with E-state index in [4.69, 9.17) is 5.26 Å². The number of nitrogens with zero attached hydrogens (tertiary/aromatic N) is 3. The van der Waals surface area contributed by atoms with Crippen LogP contribution in [-0.2, 0) is 25.7 Å². The zero-order valence-electron chi connectivity index (χ0n) is 41.3. The molecule has 0 aliphatic rings. The molecule has 0 fully saturated rings. The molecule has 5 nitrogen and oxygen atoms in total. The van der Waals surface area contributed by atoms with E-state index in [1.807, 2.05) is 79.7 Å². The summed E-state index contributed by atoms with van der Waals surface area (Å²) in [5.74, 6) is 2.88. The Morgan fingerprint density at radius 3 is 1.70 bits per heavy atom. The topological polar surface area (TPSA) is 67.8 Å². The van der Waals surface area contributed by atoms with Crippen LogP contribution in [0.25, 0.3) is 33.4 Å². The summed E-state index contributed by atoms with van der Waals surface area (Å²) < 4.78 is 71.4. The van der Waals surface area contributed by atoms with Gasteiger partial charge >= 0.3 is 12.5 Å². The maximum Gasteiger partial charge on any atom is 0.389 e. The number of alkyl halides is 5. The second kappa shape index (κ2) is 29.2. The van der Waals surface area contributed by atoms with Crippen LogP contribution in [0.15, 0.2) is 183 Å². The van der Waals surface area contributed by atoms with Gasteiger partial charge in [0.25, 0.3) is 0 Å². The van der Waals surface area contributed by atoms with E-state index in [9.17, 15) is 31.5 Å². The first-order chi connectivity index (χ1) is 35.4. The van der Waals surface area contributed by atoms with Crippen molar-refractivity contribution < 1.29 is 22.0 Å². The summed E-state index contributed by atoms with van der Waals surface area (Å²) in [7, 11) is 0. The SMILES string of the molecule is CC(C#N)CCCCCSc1ccc(-c2cn(CF)ccc2=O)cc1.Cc1ccccc1-c1cn(C(F)(F)C(F)F)cc(-c2cc(SCCCCc3ccccc3)cc(SCCCCc3ccccc3)c2)c1=O. The molecule has 0 N–H and O–H groups in total. The molecule has 13 heteroatoms. The molecule has 382 valence electrons. The van der Waals surface area contributed by atoms with E-state index >= 15 is 0 Å². The molecule has 0 bridgehead atoms. The second-order valence-electron chi connectivity index (χ2n) is 17.9. The van der Waals surface area contributed by atoms with Crippen LogP contribution in [0.5, 0.6) is 0 Å². The van der Waals surface area contributed by atoms with Crippen molar-refractivity contribution in [1.82, 2.24) is 9.13 Å². The Morgan fingerprint density at radius 1 is 0.589 bits per heavy atom. The van der Waals surface area contributed by atoms with Gasteiger partial charge in [0.05, 0.1) is 6.07 Å². The Hall–Kier alpha value is -5.81. The normalized spacial score (nSPS) is 11.8. The molecular formula is C60H62F5N3O2S3. The van der Waals surface area contributed by atoms with Crippen LogP contribution in [0.4, 0.5) is 22.0 Å². The van der Waals surface area contributed by atoms with Gasteiger partial charge in [-0.1, -0.05) is 110 Å². The molecule has 0 amide bonds. The van der Waals surface area contributed by atoms with Crippen molar-refractivity contribution in [2.45, 2.75) is 112 Å². The standard InChI is InChI=1S/C40H39F4NOS2.C20H23FN2OS/c1-29-14-8-9-21-35(29)37-28-45(40(43,44)39(41)42)27-36(38(37)46)32-24-33(47-22-12-10-19-30-15-4-2-5-16-30)26-34(25-32)48-23-13-11-20-31-17-6-3-7-18-31;1-16(13-22)5-3-2-4-12-25-18-8-6-17(7-9-18)19-14-23(15-21)11-10-20(19)24/h2-9,14-18,21,24-28,39H,10-13,19-20,22-23H2,1H3;6-11,14,16H,2-5,12,15H2,1H3. The highest BCUT2D eigenvalue weighted by Gasteiger charge is 2.43. The smallest absolute Gasteiger partial charge is 0.326 e. The van der Waals surface area contributed by atoms with Crippen LogP contribution < -0.4 is 10.9 Å². The van der Waals surface area contributed by atoms with Crippen LogP contribution in [0.2, 0.25) is 0 Å². The fourth-order valence-electron chi connectivity index (χ4n) is 8.09. The molecule has 0 saturated heterocycles. The Bertz CT molecular complexity index is 2890. The van der Waals surface area contributed by atoms with Crippen LogP contribution in [0, 0.1) is 24.2 Å². The largest absolute Gasteiger partial charge is 0.389 e. The number of hydrogen-bond donors (Lipinski definition) is 0. The number of unbranched alkanes of at least 4 members (excludes halogenated alkanes) is 4. The highest BCUT2D eigenvalue weighted by molar-refractivity contribution is 8.00. The van der Waals surface area contributed by atoms with Gasteiger partial charge in [0, 0.05) is 68.1 Å². The predicted octanol–water partition coefficient (Wildman–Crippen LogP) is 16.8. The van der Waals surface area contributed by atoms with Gasteiger partial charge in [-0.3, -0.25) is 14.2 Å². The van der Waals surface area contributed by atoms with Crippen LogP contribution in [-0.4, -0.2) is 32.8 Å². The van der Waals surface area contributed by atoms with Crippen molar-refractivity contribution >= 4 is 35.3 Å². The quantitative estimate of drug-likeness (QED) is 0.0323. The van der Waals surface area contributed by atoms with Gasteiger partial charge in [-0.05, 0) is 146 Å². The molecule has 0 aliphatic heterocycles. The molecule has 7 aromatic rings. The lowest BCUT2D eigenvalue weighted by molar-refractivity contribution is -0.189. The van der Waals surface area contributed by atoms with E-state index in [0.29, 0.717) is 22.3 Å². The first-order valence-corrected chi connectivity index (χ1v) is 27.7. The number of nitriles is 1. The number of halogens is 5. The third-order valence-corrected chi connectivity index (χ3v) is 15.5. The minimum atomic E-state index is -4.50. The van der Waals surface area contributed by atoms with Gasteiger partial charge < -0.3 is 4.57 Å². The van der Waals surface area contributed by atoms with Crippen LogP contribution in [0.1, 0.15) is 75.0 Å². The highest BCUT2D eigenvalue weighted by Crippen LogP contribution is 2.36. The highest BCUT2D eigenvalue weighted by atomic mass is 32.2. The molecule has 2 heterocycles. The van der Waals surface area contributed by atoms with E-state index in [2.05, 4.69) is 36.4 Å². The average molecular weight is 1050 g/mol. The van der Waals surface area contributed by atoms with Gasteiger partial charge in [0.2, 0.25) is 0 Å². The van der Waals surface area contributed by atoms with Crippen molar-refractivity contribution in [3.63, 3.8) is 0 Å². The first-order valence-electron chi connectivity index (χ1n) is 24.7. The number of benzene rings is 5. The molecule has 2 aromatic heterocycles. The van der Waals surface area contributed by atoms with Gasteiger partial charge in [0.1, 0.15) is 0 Å². The molecule has 73 heavy (non-hydrogen) atoms. The zero-order chi connectivity index (χ0) is 52.0. The number of hydrogen-bond acceptors (Lipinski definition) is 6. The first kappa shape index (κ1) is 56.5. The number of pyridine rings is 2. The van der Waals surface area contributed by atoms with E-state index < -0.39 is 24.7 Å². The fraction of sp³-hybridized carbons (Fsp3) is 0.317. The third kappa shape index (κ3) is 17.4. The van der Waals surface area contributed by atoms with E-state index in [1.54, 1.807) is 72.7 Å². The molecule has 0 radical (unpaired) electrons. The number of rotatable bonds is 25. The molecule has 1 atom stereocenters. The molecule has 0 saturated carbocycles. The average Bonchev–Trinajstić information content (AvgIpc) is 3.40. The van der Waals surface area contributed by atoms with Crippen molar-refractivity contribution in [2.24, 2.45) is 5.92 Å². The molecule has 5 aromatic carbocycles. The molecule has 1 unspecified atom stereocenters. The summed E-state index contributed by atoms with van der Waals surface area (Å²) in [4.78, 5) is 28.9. The summed E-state index contributed by atoms with van der Waals surface area (Å²) in [6, 6.07) is 40.2. The molecular weight excluding hydrogens is 986 g/mol. The number of aromatic nitrogens is 2. The van der Waals surface area contributed by atoms with Crippen LogP contribution >= 0.6 is 35.3 Å². The van der Waals surface area contributed by atoms with Crippen LogP contribution in [0.3, 0.4) is 0 Å². The third-order valence-electron chi connectivity index (χ3n) is 12.3. The van der Waals surface area contributed by atoms with Crippen molar-refractivity contribution in [2.75, 3.05) is 17.3 Å². The second-order valence-corrected chi connectivity index (χ2v) is 21.4. The van der Waals surface area contributed by atoms with Gasteiger partial charge in [-0.15, -0.1) is 35.3 Å². The molecule has 0 aliphatic carbocycles. The summed E-state index contributed by atoms with van der Waals surface area (Å²) in [6.07, 6.45) is 11.1. The van der Waals surface area contributed by atoms with Crippen molar-refractivity contribution in [1.29, 1.82) is 5.26 Å². The van der Waals surface area contributed by atoms with Gasteiger partial charge in [-0.25, -0.2) is 13.2 Å². The maximum atomic E-state index is 14.9. The Balaban J connectivity index is 0.000000292. The van der Waals surface area contributed by atoms with E-state index in [1.165, 1.54) is 28.0 Å². The Kier molecular flexibility index (Phi) is 22.6. The minimum absolute atomic E-state index is 0.0338.